The smallest absolute Gasteiger partial charge is 0.406 e. The first-order valence-corrected chi connectivity index (χ1v) is 6.43. The van der Waals surface area contributed by atoms with Crippen molar-refractivity contribution in [1.29, 1.82) is 0 Å². The van der Waals surface area contributed by atoms with Gasteiger partial charge < -0.3 is 15.4 Å². The molecule has 0 fully saturated rings. The summed E-state index contributed by atoms with van der Waals surface area (Å²) in [6.45, 7) is 0. The van der Waals surface area contributed by atoms with Gasteiger partial charge in [-0.25, -0.2) is 4.39 Å². The van der Waals surface area contributed by atoms with Crippen LogP contribution in [0, 0.1) is 5.82 Å². The third-order valence-electron chi connectivity index (χ3n) is 2.45. The van der Waals surface area contributed by atoms with Crippen molar-refractivity contribution in [3.63, 3.8) is 0 Å². The topological polar surface area (TPSA) is 33.3 Å². The first-order chi connectivity index (χ1) is 10.3. The Morgan fingerprint density at radius 1 is 1.00 bits per heavy atom. The zero-order chi connectivity index (χ0) is 16.2. The van der Waals surface area contributed by atoms with Crippen molar-refractivity contribution in [2.75, 3.05) is 10.6 Å². The van der Waals surface area contributed by atoms with E-state index in [2.05, 4.69) is 15.4 Å². The lowest BCUT2D eigenvalue weighted by molar-refractivity contribution is -0.274. The summed E-state index contributed by atoms with van der Waals surface area (Å²) in [5, 5.41) is 5.30. The predicted molar refractivity (Wildman–Crippen MR) is 79.4 cm³/mol. The number of anilines is 2. The Morgan fingerprint density at radius 2 is 1.73 bits per heavy atom. The van der Waals surface area contributed by atoms with Crippen LogP contribution in [0.3, 0.4) is 0 Å². The minimum absolute atomic E-state index is 0.0364. The number of alkyl halides is 3. The van der Waals surface area contributed by atoms with Crippen molar-refractivity contribution in [3.8, 4) is 5.75 Å². The van der Waals surface area contributed by atoms with E-state index in [0.717, 1.165) is 12.1 Å². The number of ether oxygens (including phenoxy) is 1. The normalized spacial score (nSPS) is 10.9. The second kappa shape index (κ2) is 6.61. The molecule has 2 N–H and O–H groups in total. The molecule has 0 aliphatic carbocycles. The molecule has 2 aromatic rings. The van der Waals surface area contributed by atoms with E-state index >= 15 is 0 Å². The van der Waals surface area contributed by atoms with E-state index in [-0.39, 0.29) is 22.2 Å². The van der Waals surface area contributed by atoms with Gasteiger partial charge in [0.15, 0.2) is 5.11 Å². The van der Waals surface area contributed by atoms with Crippen molar-refractivity contribution in [2.45, 2.75) is 6.36 Å². The summed E-state index contributed by atoms with van der Waals surface area (Å²) in [6.07, 6.45) is -4.77. The van der Waals surface area contributed by atoms with Crippen LogP contribution in [-0.4, -0.2) is 11.5 Å². The Kier molecular flexibility index (Phi) is 4.81. The summed E-state index contributed by atoms with van der Waals surface area (Å²) in [5.41, 5.74) is 0.429. The summed E-state index contributed by atoms with van der Waals surface area (Å²) in [6, 6.07) is 11.0. The molecule has 0 aromatic heterocycles. The van der Waals surface area contributed by atoms with Gasteiger partial charge in [0.05, 0.1) is 5.69 Å². The van der Waals surface area contributed by atoms with E-state index in [1.54, 1.807) is 6.07 Å². The summed E-state index contributed by atoms with van der Waals surface area (Å²) in [7, 11) is 0. The molecule has 116 valence electrons. The number of nitrogens with one attached hydrogen (secondary N) is 2. The molecule has 0 radical (unpaired) electrons. The largest absolute Gasteiger partial charge is 0.573 e. The SMILES string of the molecule is Fc1ccccc1NC(=S)Nc1cccc(OC(F)(F)F)c1. The average Bonchev–Trinajstić information content (AvgIpc) is 2.40. The lowest BCUT2D eigenvalue weighted by Gasteiger charge is -2.13. The van der Waals surface area contributed by atoms with Crippen LogP contribution in [0.4, 0.5) is 28.9 Å². The number of halogens is 4. The van der Waals surface area contributed by atoms with Crippen LogP contribution in [0.2, 0.25) is 0 Å². The van der Waals surface area contributed by atoms with Crippen LogP contribution in [0.15, 0.2) is 48.5 Å². The molecule has 0 saturated carbocycles. The maximum atomic E-state index is 13.4. The highest BCUT2D eigenvalue weighted by Crippen LogP contribution is 2.25. The molecule has 0 spiro atoms. The van der Waals surface area contributed by atoms with Crippen LogP contribution < -0.4 is 15.4 Å². The van der Waals surface area contributed by atoms with E-state index in [1.165, 1.54) is 30.3 Å². The highest BCUT2D eigenvalue weighted by atomic mass is 32.1. The van der Waals surface area contributed by atoms with Gasteiger partial charge in [0.25, 0.3) is 0 Å². The quantitative estimate of drug-likeness (QED) is 0.640. The zero-order valence-corrected chi connectivity index (χ0v) is 11.8. The molecule has 3 nitrogen and oxygen atoms in total. The van der Waals surface area contributed by atoms with Gasteiger partial charge in [0.2, 0.25) is 0 Å². The molecule has 22 heavy (non-hydrogen) atoms. The van der Waals surface area contributed by atoms with E-state index in [4.69, 9.17) is 12.2 Å². The maximum Gasteiger partial charge on any atom is 0.573 e. The second-order valence-electron chi connectivity index (χ2n) is 4.13. The molecule has 0 amide bonds. The predicted octanol–water partition coefficient (Wildman–Crippen LogP) is 4.53. The number of benzene rings is 2. The summed E-state index contributed by atoms with van der Waals surface area (Å²) in [5.74, 6) is -0.882. The van der Waals surface area contributed by atoms with Gasteiger partial charge in [-0.15, -0.1) is 13.2 Å². The van der Waals surface area contributed by atoms with Gasteiger partial charge in [-0.1, -0.05) is 18.2 Å². The minimum atomic E-state index is -4.77. The lowest BCUT2D eigenvalue weighted by Crippen LogP contribution is -2.20. The third-order valence-corrected chi connectivity index (χ3v) is 2.65. The molecule has 0 bridgehead atoms. The number of hydrogen-bond acceptors (Lipinski definition) is 2. The molecule has 2 rings (SSSR count). The van der Waals surface area contributed by atoms with Crippen LogP contribution in [-0.2, 0) is 0 Å². The van der Waals surface area contributed by atoms with Gasteiger partial charge in [-0.2, -0.15) is 0 Å². The van der Waals surface area contributed by atoms with Gasteiger partial charge in [-0.3, -0.25) is 0 Å². The molecule has 0 heterocycles. The molecular formula is C14H10F4N2OS. The molecule has 0 atom stereocenters. The zero-order valence-electron chi connectivity index (χ0n) is 10.9. The number of para-hydroxylation sites is 1. The van der Waals surface area contributed by atoms with Crippen LogP contribution >= 0.6 is 12.2 Å². The maximum absolute atomic E-state index is 13.4. The summed E-state index contributed by atoms with van der Waals surface area (Å²) >= 11 is 4.98. The molecular weight excluding hydrogens is 320 g/mol. The molecule has 0 unspecified atom stereocenters. The first-order valence-electron chi connectivity index (χ1n) is 6.02. The Morgan fingerprint density at radius 3 is 2.41 bits per heavy atom. The Balaban J connectivity index is 2.03. The third kappa shape index (κ3) is 4.88. The van der Waals surface area contributed by atoms with E-state index in [0.29, 0.717) is 0 Å². The standard InChI is InChI=1S/C14H10F4N2OS/c15-11-6-1-2-7-12(11)20-13(22)19-9-4-3-5-10(8-9)21-14(16,17)18/h1-8H,(H2,19,20,22). The Bertz CT molecular complexity index is 676. The molecule has 2 aromatic carbocycles. The van der Waals surface area contributed by atoms with Crippen molar-refractivity contribution < 1.29 is 22.3 Å². The van der Waals surface area contributed by atoms with E-state index < -0.39 is 12.2 Å². The molecule has 0 saturated heterocycles. The highest BCUT2D eigenvalue weighted by molar-refractivity contribution is 7.80. The van der Waals surface area contributed by atoms with Gasteiger partial charge in [-0.05, 0) is 36.5 Å². The summed E-state index contributed by atoms with van der Waals surface area (Å²) in [4.78, 5) is 0. The molecule has 0 aliphatic rings. The van der Waals surface area contributed by atoms with Crippen LogP contribution in [0.5, 0.6) is 5.75 Å². The van der Waals surface area contributed by atoms with Gasteiger partial charge >= 0.3 is 6.36 Å². The van der Waals surface area contributed by atoms with Crippen molar-refractivity contribution in [2.24, 2.45) is 0 Å². The molecule has 8 heteroatoms. The number of hydrogen-bond donors (Lipinski definition) is 2. The minimum Gasteiger partial charge on any atom is -0.406 e. The van der Waals surface area contributed by atoms with Crippen molar-refractivity contribution >= 4 is 28.7 Å². The number of thiocarbonyl (C=S) groups is 1. The molecule has 0 aliphatic heterocycles. The highest BCUT2D eigenvalue weighted by Gasteiger charge is 2.31. The van der Waals surface area contributed by atoms with Crippen LogP contribution in [0.25, 0.3) is 0 Å². The monoisotopic (exact) mass is 330 g/mol. The summed E-state index contributed by atoms with van der Waals surface area (Å²) < 4.78 is 53.7. The first kappa shape index (κ1) is 16.0. The average molecular weight is 330 g/mol. The van der Waals surface area contributed by atoms with Crippen molar-refractivity contribution in [1.82, 2.24) is 0 Å². The van der Waals surface area contributed by atoms with Gasteiger partial charge in [0.1, 0.15) is 11.6 Å². The van der Waals surface area contributed by atoms with Crippen LogP contribution in [0.1, 0.15) is 0 Å². The lowest BCUT2D eigenvalue weighted by atomic mass is 10.3. The van der Waals surface area contributed by atoms with Crippen molar-refractivity contribution in [3.05, 3.63) is 54.3 Å². The second-order valence-corrected chi connectivity index (χ2v) is 4.54. The Labute approximate surface area is 128 Å². The Hall–Kier alpha value is -2.35. The fraction of sp³-hybridized carbons (Fsp3) is 0.0714. The van der Waals surface area contributed by atoms with E-state index in [9.17, 15) is 17.6 Å². The fourth-order valence-electron chi connectivity index (χ4n) is 1.62. The van der Waals surface area contributed by atoms with Gasteiger partial charge in [0, 0.05) is 11.8 Å². The number of rotatable bonds is 3. The fourth-order valence-corrected chi connectivity index (χ4v) is 1.85. The van der Waals surface area contributed by atoms with E-state index in [1.807, 2.05) is 0 Å².